The maximum atomic E-state index is 12.7. The summed E-state index contributed by atoms with van der Waals surface area (Å²) >= 11 is 2.80. The van der Waals surface area contributed by atoms with Crippen LogP contribution in [0, 0.1) is 0 Å². The zero-order valence-corrected chi connectivity index (χ0v) is 19.6. The van der Waals surface area contributed by atoms with Crippen molar-refractivity contribution < 1.29 is 14.3 Å². The van der Waals surface area contributed by atoms with Crippen molar-refractivity contribution >= 4 is 35.1 Å². The Morgan fingerprint density at radius 3 is 2.59 bits per heavy atom. The average Bonchev–Trinajstić information content (AvgIpc) is 3.24. The molecule has 0 saturated heterocycles. The highest BCUT2D eigenvalue weighted by atomic mass is 32.2. The molecular formula is C24H21N5O3S2. The van der Waals surface area contributed by atoms with Gasteiger partial charge in [0.1, 0.15) is 6.61 Å². The number of hydrogen-bond acceptors (Lipinski definition) is 8. The van der Waals surface area contributed by atoms with Crippen LogP contribution < -0.4 is 20.6 Å². The van der Waals surface area contributed by atoms with E-state index in [0.717, 1.165) is 15.5 Å². The molecule has 0 spiro atoms. The van der Waals surface area contributed by atoms with Crippen molar-refractivity contribution in [2.75, 3.05) is 23.5 Å². The number of anilines is 1. The highest BCUT2D eigenvalue weighted by Crippen LogP contribution is 2.36. The number of nitrogen functional groups attached to an aromatic ring is 1. The number of fused-ring (bicyclic) bond motifs is 1. The first-order chi connectivity index (χ1) is 16.7. The Hall–Kier alpha value is -3.63. The maximum absolute atomic E-state index is 12.7. The number of carbonyl (C=O) groups is 1. The third-order valence-electron chi connectivity index (χ3n) is 4.95. The summed E-state index contributed by atoms with van der Waals surface area (Å²) in [7, 11) is 0. The topological polar surface area (TPSA) is 104 Å². The quantitative estimate of drug-likeness (QED) is 0.290. The minimum absolute atomic E-state index is 0.129. The van der Waals surface area contributed by atoms with Crippen molar-refractivity contribution in [1.29, 1.82) is 0 Å². The zero-order chi connectivity index (χ0) is 23.3. The number of nitrogens with two attached hydrogens (primary N) is 1. The van der Waals surface area contributed by atoms with E-state index < -0.39 is 6.10 Å². The van der Waals surface area contributed by atoms with Crippen LogP contribution in [0.2, 0.25) is 0 Å². The van der Waals surface area contributed by atoms with Gasteiger partial charge in [-0.3, -0.25) is 4.79 Å². The number of hydrogen-bond donors (Lipinski definition) is 2. The summed E-state index contributed by atoms with van der Waals surface area (Å²) in [5, 5.41) is 11.7. The molecule has 1 aliphatic heterocycles. The zero-order valence-electron chi connectivity index (χ0n) is 18.0. The van der Waals surface area contributed by atoms with E-state index in [0.29, 0.717) is 22.5 Å². The molecule has 2 heterocycles. The molecule has 4 aromatic rings. The molecule has 0 radical (unpaired) electrons. The Balaban J connectivity index is 1.21. The summed E-state index contributed by atoms with van der Waals surface area (Å²) in [6, 6.07) is 25.1. The Bertz CT molecular complexity index is 1300. The molecule has 1 amide bonds. The van der Waals surface area contributed by atoms with Crippen molar-refractivity contribution in [2.24, 2.45) is 0 Å². The number of carbonyl (C=O) groups excluding carboxylic acids is 1. The van der Waals surface area contributed by atoms with Crippen LogP contribution in [0.15, 0.2) is 93.8 Å². The van der Waals surface area contributed by atoms with E-state index in [1.165, 1.54) is 16.4 Å². The van der Waals surface area contributed by atoms with Gasteiger partial charge in [-0.1, -0.05) is 66.0 Å². The monoisotopic (exact) mass is 491 g/mol. The van der Waals surface area contributed by atoms with Crippen LogP contribution in [0.5, 0.6) is 11.5 Å². The smallest absolute Gasteiger partial charge is 0.234 e. The van der Waals surface area contributed by atoms with Gasteiger partial charge in [0.05, 0.1) is 11.4 Å². The predicted octanol–water partition coefficient (Wildman–Crippen LogP) is 4.39. The number of rotatable bonds is 7. The second-order valence-corrected chi connectivity index (χ2v) is 9.38. The fourth-order valence-corrected chi connectivity index (χ4v) is 4.93. The molecule has 0 saturated carbocycles. The highest BCUT2D eigenvalue weighted by Gasteiger charge is 2.28. The summed E-state index contributed by atoms with van der Waals surface area (Å²) in [6.07, 6.45) is -0.488. The fourth-order valence-electron chi connectivity index (χ4n) is 3.34. The summed E-state index contributed by atoms with van der Waals surface area (Å²) in [6.45, 7) is 0.271. The fraction of sp³-hybridized carbons (Fsp3) is 0.125. The molecule has 3 N–H and O–H groups in total. The number of amides is 1. The lowest BCUT2D eigenvalue weighted by atomic mass is 10.2. The van der Waals surface area contributed by atoms with Gasteiger partial charge < -0.3 is 20.6 Å². The van der Waals surface area contributed by atoms with Gasteiger partial charge in [0.2, 0.25) is 11.1 Å². The second kappa shape index (κ2) is 10.1. The lowest BCUT2D eigenvalue weighted by Crippen LogP contribution is -2.27. The summed E-state index contributed by atoms with van der Waals surface area (Å²) in [5.41, 5.74) is 0.753. The Morgan fingerprint density at radius 2 is 1.74 bits per heavy atom. The van der Waals surface area contributed by atoms with Gasteiger partial charge in [-0.25, -0.2) is 4.68 Å². The largest absolute Gasteiger partial charge is 0.485 e. The molecule has 10 heteroatoms. The van der Waals surface area contributed by atoms with Gasteiger partial charge in [-0.15, -0.1) is 10.2 Å². The van der Waals surface area contributed by atoms with Crippen LogP contribution >= 0.6 is 23.5 Å². The van der Waals surface area contributed by atoms with Gasteiger partial charge in [0, 0.05) is 9.79 Å². The lowest BCUT2D eigenvalue weighted by Gasteiger charge is -2.25. The molecule has 172 valence electrons. The van der Waals surface area contributed by atoms with Crippen molar-refractivity contribution in [2.45, 2.75) is 21.1 Å². The average molecular weight is 492 g/mol. The first-order valence-corrected chi connectivity index (χ1v) is 12.3. The van der Waals surface area contributed by atoms with Crippen LogP contribution in [0.25, 0.3) is 0 Å². The number of aromatic nitrogens is 3. The molecule has 0 bridgehead atoms. The molecule has 0 unspecified atom stereocenters. The van der Waals surface area contributed by atoms with Gasteiger partial charge in [-0.05, 0) is 36.4 Å². The van der Waals surface area contributed by atoms with Gasteiger partial charge in [-0.2, -0.15) is 0 Å². The molecule has 0 fully saturated rings. The van der Waals surface area contributed by atoms with Gasteiger partial charge in [0.15, 0.2) is 23.4 Å². The number of ether oxygens (including phenoxy) is 2. The molecule has 0 aliphatic carbocycles. The molecule has 3 aromatic carbocycles. The van der Waals surface area contributed by atoms with Gasteiger partial charge in [0.25, 0.3) is 0 Å². The predicted molar refractivity (Wildman–Crippen MR) is 132 cm³/mol. The van der Waals surface area contributed by atoms with Crippen molar-refractivity contribution in [3.63, 3.8) is 0 Å². The highest BCUT2D eigenvalue weighted by molar-refractivity contribution is 8.00. The Morgan fingerprint density at radius 1 is 1.00 bits per heavy atom. The summed E-state index contributed by atoms with van der Waals surface area (Å²) in [5.74, 6) is 7.91. The standard InChI is InChI=1S/C24H21N5O3S2/c25-29-23(20-14-31-18-11-5-6-12-19(18)32-20)27-28-24(29)33-15-22(30)26-17-10-4-7-13-21(17)34-16-8-2-1-3-9-16/h1-13,20H,14-15,25H2,(H,26,30)/t20-/m0/s1. The number of nitrogens with zero attached hydrogens (tertiary/aromatic N) is 3. The number of nitrogens with one attached hydrogen (secondary N) is 1. The molecule has 1 atom stereocenters. The number of thioether (sulfide) groups is 1. The first kappa shape index (κ1) is 22.2. The molecule has 34 heavy (non-hydrogen) atoms. The van der Waals surface area contributed by atoms with E-state index in [1.54, 1.807) is 11.8 Å². The summed E-state index contributed by atoms with van der Waals surface area (Å²) in [4.78, 5) is 14.7. The summed E-state index contributed by atoms with van der Waals surface area (Å²) < 4.78 is 13.0. The van der Waals surface area contributed by atoms with Crippen LogP contribution in [-0.2, 0) is 4.79 Å². The minimum Gasteiger partial charge on any atom is -0.485 e. The van der Waals surface area contributed by atoms with Crippen molar-refractivity contribution in [3.05, 3.63) is 84.7 Å². The molecule has 1 aliphatic rings. The van der Waals surface area contributed by atoms with Crippen LogP contribution in [0.3, 0.4) is 0 Å². The van der Waals surface area contributed by atoms with Gasteiger partial charge >= 0.3 is 0 Å². The van der Waals surface area contributed by atoms with Crippen LogP contribution in [-0.4, -0.2) is 33.1 Å². The van der Waals surface area contributed by atoms with Crippen LogP contribution in [0.4, 0.5) is 5.69 Å². The maximum Gasteiger partial charge on any atom is 0.234 e. The molecule has 5 rings (SSSR count). The van der Waals surface area contributed by atoms with E-state index in [9.17, 15) is 4.79 Å². The number of benzene rings is 3. The molecule has 1 aromatic heterocycles. The SMILES string of the molecule is Nn1c(SCC(=O)Nc2ccccc2Sc2ccccc2)nnc1[C@@H]1COc2ccccc2O1. The second-order valence-electron chi connectivity index (χ2n) is 7.32. The van der Waals surface area contributed by atoms with E-state index in [4.69, 9.17) is 15.3 Å². The molecular weight excluding hydrogens is 470 g/mol. The normalized spacial score (nSPS) is 14.5. The van der Waals surface area contributed by atoms with E-state index in [-0.39, 0.29) is 18.3 Å². The van der Waals surface area contributed by atoms with E-state index >= 15 is 0 Å². The van der Waals surface area contributed by atoms with E-state index in [1.807, 2.05) is 78.9 Å². The van der Waals surface area contributed by atoms with Crippen molar-refractivity contribution in [3.8, 4) is 11.5 Å². The Kier molecular flexibility index (Phi) is 6.59. The third-order valence-corrected chi connectivity index (χ3v) is 6.98. The van der Waals surface area contributed by atoms with E-state index in [2.05, 4.69) is 15.5 Å². The first-order valence-electron chi connectivity index (χ1n) is 10.5. The Labute approximate surface area is 204 Å². The minimum atomic E-state index is -0.488. The third kappa shape index (κ3) is 4.97. The molecule has 8 nitrogen and oxygen atoms in total. The van der Waals surface area contributed by atoms with Crippen LogP contribution in [0.1, 0.15) is 11.9 Å². The van der Waals surface area contributed by atoms with Crippen molar-refractivity contribution in [1.82, 2.24) is 14.9 Å². The lowest BCUT2D eigenvalue weighted by molar-refractivity contribution is -0.113. The number of para-hydroxylation sites is 3.